The molecule has 2 saturated heterocycles. The predicted octanol–water partition coefficient (Wildman–Crippen LogP) is 1.94. The first kappa shape index (κ1) is 34.0. The fraction of sp³-hybridized carbons (Fsp3) is 0.727. The lowest BCUT2D eigenvalue weighted by atomic mass is 10.2. The number of alkyl carbamates (subject to hydrolysis) is 2. The number of carbonyl (C=O) groups excluding carboxylic acids is 2. The molecule has 2 aliphatic rings. The molecule has 2 rings (SSSR count). The van der Waals surface area contributed by atoms with Crippen molar-refractivity contribution in [2.75, 3.05) is 26.4 Å². The molecule has 2 heterocycles. The Morgan fingerprint density at radius 3 is 1.12 bits per heavy atom. The van der Waals surface area contributed by atoms with Crippen molar-refractivity contribution in [3.05, 3.63) is 26.3 Å². The third kappa shape index (κ3) is 19.3. The Bertz CT molecular complexity index is 514. The summed E-state index contributed by atoms with van der Waals surface area (Å²) in [5, 5.41) is 5.26. The number of amides is 2. The summed E-state index contributed by atoms with van der Waals surface area (Å²) in [6.45, 7) is 24.1. The van der Waals surface area contributed by atoms with Crippen molar-refractivity contribution >= 4 is 12.2 Å². The van der Waals surface area contributed by atoms with Gasteiger partial charge in [-0.3, -0.25) is 11.5 Å². The molecule has 0 atom stereocenters. The number of nitrogens with two attached hydrogens (primary N) is 2. The second-order valence-electron chi connectivity index (χ2n) is 8.76. The number of hydrogen-bond donors (Lipinski definition) is 4. The molecule has 12 nitrogen and oxygen atoms in total. The molecule has 200 valence electrons. The van der Waals surface area contributed by atoms with Crippen molar-refractivity contribution in [2.45, 2.75) is 77.7 Å². The average Bonchev–Trinajstić information content (AvgIpc) is 2.72. The maximum atomic E-state index is 11.3. The highest BCUT2D eigenvalue weighted by atomic mass is 16.7. The van der Waals surface area contributed by atoms with Crippen molar-refractivity contribution in [2.24, 2.45) is 11.5 Å². The first-order valence-corrected chi connectivity index (χ1v) is 10.7. The highest BCUT2D eigenvalue weighted by molar-refractivity contribution is 5.68. The van der Waals surface area contributed by atoms with Crippen LogP contribution in [0.1, 0.15) is 41.5 Å². The van der Waals surface area contributed by atoms with Gasteiger partial charge in [0.15, 0.2) is 0 Å². The number of carbonyl (C=O) groups is 2. The van der Waals surface area contributed by atoms with Gasteiger partial charge >= 0.3 is 12.2 Å². The fourth-order valence-electron chi connectivity index (χ4n) is 2.15. The zero-order valence-corrected chi connectivity index (χ0v) is 21.4. The highest BCUT2D eigenvalue weighted by Crippen LogP contribution is 2.09. The van der Waals surface area contributed by atoms with Crippen LogP contribution in [0, 0.1) is 0 Å². The molecule has 0 spiro atoms. The molecule has 0 aromatic rings. The van der Waals surface area contributed by atoms with E-state index in [-0.39, 0.29) is 12.1 Å². The summed E-state index contributed by atoms with van der Waals surface area (Å²) in [4.78, 5) is 22.7. The van der Waals surface area contributed by atoms with E-state index >= 15 is 0 Å². The van der Waals surface area contributed by atoms with Gasteiger partial charge in [0.1, 0.15) is 11.2 Å². The zero-order valence-electron chi connectivity index (χ0n) is 21.4. The topological polar surface area (TPSA) is 166 Å². The van der Waals surface area contributed by atoms with Crippen LogP contribution in [0.5, 0.6) is 0 Å². The molecule has 0 saturated carbocycles. The van der Waals surface area contributed by atoms with E-state index in [4.69, 9.17) is 39.9 Å². The van der Waals surface area contributed by atoms with Crippen molar-refractivity contribution in [1.29, 1.82) is 0 Å². The lowest BCUT2D eigenvalue weighted by Crippen LogP contribution is -2.50. The maximum Gasteiger partial charge on any atom is 0.408 e. The molecule has 34 heavy (non-hydrogen) atoms. The number of hydrogen-bond acceptors (Lipinski definition) is 10. The van der Waals surface area contributed by atoms with Crippen LogP contribution in [0.3, 0.4) is 0 Å². The molecule has 0 bridgehead atoms. The fourth-order valence-corrected chi connectivity index (χ4v) is 2.15. The van der Waals surface area contributed by atoms with Crippen LogP contribution in [0.25, 0.3) is 0 Å². The smallest absolute Gasteiger partial charge is 0.408 e. The van der Waals surface area contributed by atoms with E-state index in [2.05, 4.69) is 36.9 Å². The summed E-state index contributed by atoms with van der Waals surface area (Å²) in [7, 11) is 0. The maximum absolute atomic E-state index is 11.3. The molecule has 2 aliphatic heterocycles. The van der Waals surface area contributed by atoms with Crippen molar-refractivity contribution < 1.29 is 38.0 Å². The Labute approximate surface area is 203 Å². The SMILES string of the molecule is C=C.C=C.CC(C)(C)OC(=O)NC1COC(N)OC1.CC(C)(C)OC(=O)NC1COC(N)OC1. The molecule has 2 fully saturated rings. The quantitative estimate of drug-likeness (QED) is 0.418. The molecule has 12 heteroatoms. The normalized spacial score (nSPS) is 24.2. The lowest BCUT2D eigenvalue weighted by Gasteiger charge is -2.28. The van der Waals surface area contributed by atoms with Gasteiger partial charge in [-0.15, -0.1) is 26.3 Å². The van der Waals surface area contributed by atoms with Crippen molar-refractivity contribution in [1.82, 2.24) is 10.6 Å². The molecule has 0 radical (unpaired) electrons. The van der Waals surface area contributed by atoms with Crippen LogP contribution in [0.2, 0.25) is 0 Å². The minimum atomic E-state index is -0.693. The first-order chi connectivity index (χ1) is 15.7. The molecule has 0 aromatic heterocycles. The Balaban J connectivity index is 0. The summed E-state index contributed by atoms with van der Waals surface area (Å²) in [6.07, 6.45) is -2.34. The second kappa shape index (κ2) is 17.2. The van der Waals surface area contributed by atoms with Crippen LogP contribution >= 0.6 is 0 Å². The molecule has 2 amide bonds. The molecule has 0 aliphatic carbocycles. The van der Waals surface area contributed by atoms with Crippen LogP contribution in [-0.4, -0.2) is 74.7 Å². The van der Waals surface area contributed by atoms with Gasteiger partial charge in [0.25, 0.3) is 0 Å². The van der Waals surface area contributed by atoms with Gasteiger partial charge in [-0.05, 0) is 41.5 Å². The second-order valence-corrected chi connectivity index (χ2v) is 8.76. The number of ether oxygens (including phenoxy) is 6. The predicted molar refractivity (Wildman–Crippen MR) is 129 cm³/mol. The van der Waals surface area contributed by atoms with Crippen molar-refractivity contribution in [3.8, 4) is 0 Å². The van der Waals surface area contributed by atoms with E-state index in [1.165, 1.54) is 0 Å². The Morgan fingerprint density at radius 2 is 0.912 bits per heavy atom. The Kier molecular flexibility index (Phi) is 17.2. The zero-order chi connectivity index (χ0) is 26.9. The molecular weight excluding hydrogens is 448 g/mol. The summed E-state index contributed by atoms with van der Waals surface area (Å²) >= 11 is 0. The van der Waals surface area contributed by atoms with Gasteiger partial charge in [-0.25, -0.2) is 9.59 Å². The summed E-state index contributed by atoms with van der Waals surface area (Å²) in [5.74, 6) is 0. The van der Waals surface area contributed by atoms with E-state index in [0.29, 0.717) is 26.4 Å². The molecular formula is C22H44N4O8. The van der Waals surface area contributed by atoms with Gasteiger partial charge < -0.3 is 39.1 Å². The number of rotatable bonds is 2. The van der Waals surface area contributed by atoms with Gasteiger partial charge in [0.05, 0.1) is 38.5 Å². The lowest BCUT2D eigenvalue weighted by molar-refractivity contribution is -0.185. The van der Waals surface area contributed by atoms with Crippen LogP contribution in [-0.2, 0) is 28.4 Å². The standard InChI is InChI=1S/2C9H18N2O4.2C2H4/c2*1-9(2,3)15-8(12)11-6-4-13-7(10)14-5-6;2*1-2/h2*6-7H,4-5,10H2,1-3H3,(H,11,12);2*1-2H2. The minimum Gasteiger partial charge on any atom is -0.444 e. The van der Waals surface area contributed by atoms with Gasteiger partial charge in [-0.1, -0.05) is 0 Å². The third-order valence-corrected chi connectivity index (χ3v) is 3.29. The van der Waals surface area contributed by atoms with E-state index in [9.17, 15) is 9.59 Å². The molecule has 0 aromatic carbocycles. The van der Waals surface area contributed by atoms with E-state index in [0.717, 1.165) is 0 Å². The summed E-state index contributed by atoms with van der Waals surface area (Å²) in [5.41, 5.74) is 9.68. The largest absolute Gasteiger partial charge is 0.444 e. The Morgan fingerprint density at radius 1 is 0.676 bits per heavy atom. The van der Waals surface area contributed by atoms with E-state index in [1.807, 2.05) is 0 Å². The monoisotopic (exact) mass is 492 g/mol. The highest BCUT2D eigenvalue weighted by Gasteiger charge is 2.25. The summed E-state index contributed by atoms with van der Waals surface area (Å²) in [6, 6.07) is -0.417. The third-order valence-electron chi connectivity index (χ3n) is 3.29. The van der Waals surface area contributed by atoms with Crippen LogP contribution in [0.4, 0.5) is 9.59 Å². The minimum absolute atomic E-state index is 0.209. The van der Waals surface area contributed by atoms with Crippen LogP contribution in [0.15, 0.2) is 26.3 Å². The van der Waals surface area contributed by atoms with Crippen molar-refractivity contribution in [3.63, 3.8) is 0 Å². The van der Waals surface area contributed by atoms with Gasteiger partial charge in [0.2, 0.25) is 12.8 Å². The number of nitrogens with one attached hydrogen (secondary N) is 2. The summed E-state index contributed by atoms with van der Waals surface area (Å²) < 4.78 is 30.2. The van der Waals surface area contributed by atoms with Crippen LogP contribution < -0.4 is 22.1 Å². The van der Waals surface area contributed by atoms with Gasteiger partial charge in [-0.2, -0.15) is 0 Å². The van der Waals surface area contributed by atoms with E-state index in [1.54, 1.807) is 41.5 Å². The Hall–Kier alpha value is -2.22. The van der Waals surface area contributed by atoms with Gasteiger partial charge in [0, 0.05) is 0 Å². The average molecular weight is 493 g/mol. The molecule has 0 unspecified atom stereocenters. The molecule has 6 N–H and O–H groups in total. The first-order valence-electron chi connectivity index (χ1n) is 10.7. The van der Waals surface area contributed by atoms with E-state index < -0.39 is 36.2 Å².